The van der Waals surface area contributed by atoms with E-state index in [0.717, 1.165) is 33.2 Å². The highest BCUT2D eigenvalue weighted by Crippen LogP contribution is 2.59. The van der Waals surface area contributed by atoms with Crippen LogP contribution in [0.3, 0.4) is 0 Å². The number of hydrogen-bond donors (Lipinski definition) is 1. The Kier molecular flexibility index (Phi) is 3.07. The van der Waals surface area contributed by atoms with E-state index in [1.54, 1.807) is 0 Å². The van der Waals surface area contributed by atoms with Crippen molar-refractivity contribution in [1.29, 1.82) is 0 Å². The molecule has 19 heavy (non-hydrogen) atoms. The zero-order valence-electron chi connectivity index (χ0n) is 10.9. The summed E-state index contributed by atoms with van der Waals surface area (Å²) in [5, 5.41) is 4.55. The molecule has 3 saturated carbocycles. The van der Waals surface area contributed by atoms with Crippen molar-refractivity contribution in [3.8, 4) is 0 Å². The van der Waals surface area contributed by atoms with Crippen LogP contribution in [0.1, 0.15) is 32.1 Å². The van der Waals surface area contributed by atoms with Crippen molar-refractivity contribution in [3.05, 3.63) is 27.7 Å². The van der Waals surface area contributed by atoms with Crippen molar-refractivity contribution in [3.63, 3.8) is 0 Å². The van der Waals surface area contributed by atoms with Crippen LogP contribution in [0.25, 0.3) is 0 Å². The summed E-state index contributed by atoms with van der Waals surface area (Å²) in [7, 11) is 0. The Morgan fingerprint density at radius 1 is 1.11 bits per heavy atom. The second kappa shape index (κ2) is 4.66. The van der Waals surface area contributed by atoms with E-state index in [1.807, 2.05) is 12.1 Å². The lowest BCUT2D eigenvalue weighted by molar-refractivity contribution is 0.243. The minimum absolute atomic E-state index is 0.682. The molecular formula is C16H19BrClN. The molecule has 3 aliphatic rings. The van der Waals surface area contributed by atoms with Crippen molar-refractivity contribution in [1.82, 2.24) is 0 Å². The molecule has 5 unspecified atom stereocenters. The van der Waals surface area contributed by atoms with E-state index in [0.29, 0.717) is 6.04 Å². The Morgan fingerprint density at radius 2 is 1.95 bits per heavy atom. The molecule has 3 aliphatic carbocycles. The molecular weight excluding hydrogens is 322 g/mol. The van der Waals surface area contributed by atoms with E-state index >= 15 is 0 Å². The van der Waals surface area contributed by atoms with Crippen molar-refractivity contribution in [2.24, 2.45) is 23.7 Å². The number of nitrogens with one attached hydrogen (secondary N) is 1. The first-order valence-corrected chi connectivity index (χ1v) is 8.61. The molecule has 0 spiro atoms. The number of rotatable bonds is 2. The Bertz CT molecular complexity index is 504. The lowest BCUT2D eigenvalue weighted by Gasteiger charge is -2.32. The van der Waals surface area contributed by atoms with Gasteiger partial charge in [-0.2, -0.15) is 0 Å². The van der Waals surface area contributed by atoms with Crippen LogP contribution in [0.5, 0.6) is 0 Å². The van der Waals surface area contributed by atoms with Crippen LogP contribution in [0.2, 0.25) is 5.02 Å². The summed E-state index contributed by atoms with van der Waals surface area (Å²) in [5.74, 6) is 4.00. The van der Waals surface area contributed by atoms with Gasteiger partial charge in [0.15, 0.2) is 0 Å². The molecule has 2 bridgehead atoms. The molecule has 102 valence electrons. The molecule has 0 aromatic heterocycles. The molecule has 4 rings (SSSR count). The van der Waals surface area contributed by atoms with Gasteiger partial charge in [0.25, 0.3) is 0 Å². The fourth-order valence-corrected chi connectivity index (χ4v) is 5.46. The van der Waals surface area contributed by atoms with E-state index < -0.39 is 0 Å². The number of anilines is 1. The first-order valence-electron chi connectivity index (χ1n) is 7.44. The molecule has 1 nitrogen and oxygen atoms in total. The molecule has 3 fully saturated rings. The summed E-state index contributed by atoms with van der Waals surface area (Å²) in [6.07, 6.45) is 7.30. The lowest BCUT2D eigenvalue weighted by atomic mass is 9.79. The van der Waals surface area contributed by atoms with Crippen LogP contribution >= 0.6 is 27.5 Å². The topological polar surface area (TPSA) is 12.0 Å². The van der Waals surface area contributed by atoms with Crippen molar-refractivity contribution < 1.29 is 0 Å². The SMILES string of the molecule is Clc1cc(NC2CC3CC2C2CCCC32)ccc1Br. The van der Waals surface area contributed by atoms with Gasteiger partial charge in [0.05, 0.1) is 5.02 Å². The molecule has 0 aliphatic heterocycles. The van der Waals surface area contributed by atoms with Gasteiger partial charge in [-0.3, -0.25) is 0 Å². The highest BCUT2D eigenvalue weighted by Gasteiger charge is 2.53. The van der Waals surface area contributed by atoms with E-state index in [2.05, 4.69) is 27.3 Å². The minimum Gasteiger partial charge on any atom is -0.382 e. The maximum absolute atomic E-state index is 6.18. The normalized spacial score (nSPS) is 39.6. The van der Waals surface area contributed by atoms with Crippen LogP contribution < -0.4 is 5.32 Å². The lowest BCUT2D eigenvalue weighted by Crippen LogP contribution is -2.33. The maximum atomic E-state index is 6.18. The smallest absolute Gasteiger partial charge is 0.0568 e. The Balaban J connectivity index is 1.51. The predicted molar refractivity (Wildman–Crippen MR) is 83.6 cm³/mol. The molecule has 1 aromatic rings. The minimum atomic E-state index is 0.682. The molecule has 1 aromatic carbocycles. The standard InChI is InChI=1S/C16H19BrClN/c17-14-5-4-10(8-15(14)18)19-16-7-9-6-13(16)12-3-1-2-11(9)12/h4-5,8-9,11-13,16,19H,1-3,6-7H2. The summed E-state index contributed by atoms with van der Waals surface area (Å²) in [5.41, 5.74) is 1.18. The first kappa shape index (κ1) is 12.5. The largest absolute Gasteiger partial charge is 0.382 e. The van der Waals surface area contributed by atoms with Crippen LogP contribution in [0.15, 0.2) is 22.7 Å². The van der Waals surface area contributed by atoms with Gasteiger partial charge in [-0.1, -0.05) is 18.0 Å². The highest BCUT2D eigenvalue weighted by atomic mass is 79.9. The number of fused-ring (bicyclic) bond motifs is 5. The van der Waals surface area contributed by atoms with Crippen LogP contribution in [-0.4, -0.2) is 6.04 Å². The molecule has 0 radical (unpaired) electrons. The number of benzene rings is 1. The summed E-state index contributed by atoms with van der Waals surface area (Å²) < 4.78 is 0.975. The zero-order valence-corrected chi connectivity index (χ0v) is 13.3. The third kappa shape index (κ3) is 2.03. The summed E-state index contributed by atoms with van der Waals surface area (Å²) in [6, 6.07) is 6.90. The van der Waals surface area contributed by atoms with Gasteiger partial charge in [0.2, 0.25) is 0 Å². The zero-order chi connectivity index (χ0) is 13.0. The summed E-state index contributed by atoms with van der Waals surface area (Å²) >= 11 is 9.63. The average molecular weight is 341 g/mol. The monoisotopic (exact) mass is 339 g/mol. The van der Waals surface area contributed by atoms with Gasteiger partial charge in [-0.05, 0) is 83.5 Å². The van der Waals surface area contributed by atoms with Gasteiger partial charge in [0.1, 0.15) is 0 Å². The molecule has 0 amide bonds. The Morgan fingerprint density at radius 3 is 2.79 bits per heavy atom. The van der Waals surface area contributed by atoms with Gasteiger partial charge in [0, 0.05) is 16.2 Å². The second-order valence-electron chi connectivity index (χ2n) is 6.53. The molecule has 5 atom stereocenters. The molecule has 1 N–H and O–H groups in total. The van der Waals surface area contributed by atoms with Crippen molar-refractivity contribution in [2.75, 3.05) is 5.32 Å². The molecule has 3 heteroatoms. The third-order valence-electron chi connectivity index (χ3n) is 5.70. The third-order valence-corrected chi connectivity index (χ3v) is 6.93. The fourth-order valence-electron chi connectivity index (χ4n) is 5.03. The fraction of sp³-hybridized carbons (Fsp3) is 0.625. The highest BCUT2D eigenvalue weighted by molar-refractivity contribution is 9.10. The van der Waals surface area contributed by atoms with Gasteiger partial charge in [-0.15, -0.1) is 0 Å². The van der Waals surface area contributed by atoms with Crippen molar-refractivity contribution in [2.45, 2.75) is 38.1 Å². The van der Waals surface area contributed by atoms with E-state index in [1.165, 1.54) is 37.8 Å². The Labute approximate surface area is 128 Å². The second-order valence-corrected chi connectivity index (χ2v) is 7.80. The summed E-state index contributed by atoms with van der Waals surface area (Å²) in [6.45, 7) is 0. The number of hydrogen-bond acceptors (Lipinski definition) is 1. The van der Waals surface area contributed by atoms with Crippen LogP contribution in [0, 0.1) is 23.7 Å². The first-order chi connectivity index (χ1) is 9.22. The Hall–Kier alpha value is -0.210. The number of halogens is 2. The predicted octanol–water partition coefficient (Wildman–Crippen LogP) is 5.34. The van der Waals surface area contributed by atoms with Crippen LogP contribution in [0.4, 0.5) is 5.69 Å². The average Bonchev–Trinajstić information content (AvgIpc) is 3.05. The van der Waals surface area contributed by atoms with Crippen molar-refractivity contribution >= 4 is 33.2 Å². The van der Waals surface area contributed by atoms with Gasteiger partial charge in [-0.25, -0.2) is 0 Å². The van der Waals surface area contributed by atoms with Gasteiger partial charge < -0.3 is 5.32 Å². The summed E-state index contributed by atoms with van der Waals surface area (Å²) in [4.78, 5) is 0. The van der Waals surface area contributed by atoms with Crippen LogP contribution in [-0.2, 0) is 0 Å². The maximum Gasteiger partial charge on any atom is 0.0568 e. The molecule has 0 saturated heterocycles. The van der Waals surface area contributed by atoms with Gasteiger partial charge >= 0.3 is 0 Å². The quantitative estimate of drug-likeness (QED) is 0.766. The van der Waals surface area contributed by atoms with E-state index in [9.17, 15) is 0 Å². The molecule has 0 heterocycles. The van der Waals surface area contributed by atoms with E-state index in [-0.39, 0.29) is 0 Å². The van der Waals surface area contributed by atoms with E-state index in [4.69, 9.17) is 11.6 Å².